The Morgan fingerprint density at radius 3 is 2.28 bits per heavy atom. The van der Waals surface area contributed by atoms with Crippen LogP contribution < -0.4 is 10.1 Å². The third-order valence-electron chi connectivity index (χ3n) is 5.67. The van der Waals surface area contributed by atoms with E-state index in [2.05, 4.69) is 10.3 Å². The molecule has 1 amide bonds. The van der Waals surface area contributed by atoms with Gasteiger partial charge in [0.15, 0.2) is 0 Å². The standard InChI is InChI=1S/C27H33N3O5S/c1-21(2)20-30(36(33,34)25-11-9-24(35-3)10-12-25)18-15-27(32,19-22-7-5-4-6-8-22)29-26(31)23-13-16-28-17-14-23/h4-14,16-17,21,32H,15,18-20H2,1-3H3,(H,29,31). The molecule has 192 valence electrons. The van der Waals surface area contributed by atoms with Gasteiger partial charge < -0.3 is 15.2 Å². The summed E-state index contributed by atoms with van der Waals surface area (Å²) in [7, 11) is -2.34. The summed E-state index contributed by atoms with van der Waals surface area (Å²) in [5.74, 6) is 0.135. The zero-order valence-electron chi connectivity index (χ0n) is 20.8. The van der Waals surface area contributed by atoms with E-state index in [1.54, 1.807) is 24.3 Å². The first-order valence-electron chi connectivity index (χ1n) is 11.8. The van der Waals surface area contributed by atoms with Crippen molar-refractivity contribution in [3.63, 3.8) is 0 Å². The fourth-order valence-electron chi connectivity index (χ4n) is 3.84. The van der Waals surface area contributed by atoms with Crippen LogP contribution >= 0.6 is 0 Å². The molecule has 2 aromatic carbocycles. The first-order chi connectivity index (χ1) is 17.1. The van der Waals surface area contributed by atoms with Gasteiger partial charge in [-0.25, -0.2) is 8.42 Å². The van der Waals surface area contributed by atoms with Gasteiger partial charge in [-0.15, -0.1) is 0 Å². The SMILES string of the molecule is COc1ccc(S(=O)(=O)N(CCC(O)(Cc2ccccc2)NC(=O)c2ccncc2)CC(C)C)cc1. The summed E-state index contributed by atoms with van der Waals surface area (Å²) in [5, 5.41) is 14.3. The molecule has 1 aromatic heterocycles. The van der Waals surface area contributed by atoms with Gasteiger partial charge in [-0.05, 0) is 47.9 Å². The number of carbonyl (C=O) groups excluding carboxylic acids is 1. The van der Waals surface area contributed by atoms with Gasteiger partial charge in [-0.1, -0.05) is 44.2 Å². The van der Waals surface area contributed by atoms with Crippen molar-refractivity contribution < 1.29 is 23.1 Å². The Hall–Kier alpha value is -3.27. The molecule has 0 radical (unpaired) electrons. The molecule has 9 heteroatoms. The Morgan fingerprint density at radius 1 is 1.06 bits per heavy atom. The molecule has 3 aromatic rings. The Kier molecular flexibility index (Phi) is 9.19. The number of benzene rings is 2. The topological polar surface area (TPSA) is 109 Å². The fourth-order valence-corrected chi connectivity index (χ4v) is 5.44. The van der Waals surface area contributed by atoms with Crippen molar-refractivity contribution >= 4 is 15.9 Å². The third kappa shape index (κ3) is 7.36. The van der Waals surface area contributed by atoms with Gasteiger partial charge in [0.1, 0.15) is 11.5 Å². The van der Waals surface area contributed by atoms with Gasteiger partial charge >= 0.3 is 0 Å². The number of carbonyl (C=O) groups is 1. The molecular formula is C27H33N3O5S. The Bertz CT molecular complexity index is 1220. The van der Waals surface area contributed by atoms with Crippen LogP contribution in [0.3, 0.4) is 0 Å². The normalized spacial score (nSPS) is 13.4. The van der Waals surface area contributed by atoms with Crippen molar-refractivity contribution in [2.75, 3.05) is 20.2 Å². The highest BCUT2D eigenvalue weighted by Gasteiger charge is 2.33. The van der Waals surface area contributed by atoms with Gasteiger partial charge in [-0.2, -0.15) is 4.31 Å². The van der Waals surface area contributed by atoms with E-state index in [1.807, 2.05) is 44.2 Å². The van der Waals surface area contributed by atoms with Crippen molar-refractivity contribution in [3.8, 4) is 5.75 Å². The molecule has 36 heavy (non-hydrogen) atoms. The Labute approximate surface area is 213 Å². The first kappa shape index (κ1) is 27.3. The summed E-state index contributed by atoms with van der Waals surface area (Å²) in [6.45, 7) is 4.12. The molecule has 0 bridgehead atoms. The van der Waals surface area contributed by atoms with Crippen LogP contribution in [-0.4, -0.2) is 54.6 Å². The maximum absolute atomic E-state index is 13.5. The number of pyridine rings is 1. The maximum Gasteiger partial charge on any atom is 0.253 e. The molecule has 1 unspecified atom stereocenters. The van der Waals surface area contributed by atoms with Gasteiger partial charge in [-0.3, -0.25) is 9.78 Å². The third-order valence-corrected chi connectivity index (χ3v) is 7.55. The van der Waals surface area contributed by atoms with Crippen molar-refractivity contribution in [3.05, 3.63) is 90.3 Å². The van der Waals surface area contributed by atoms with Crippen LogP contribution in [0.25, 0.3) is 0 Å². The van der Waals surface area contributed by atoms with E-state index in [4.69, 9.17) is 4.74 Å². The lowest BCUT2D eigenvalue weighted by molar-refractivity contribution is -0.00268. The van der Waals surface area contributed by atoms with Gasteiger partial charge in [0.25, 0.3) is 5.91 Å². The molecule has 1 atom stereocenters. The second kappa shape index (κ2) is 12.1. The molecule has 0 saturated heterocycles. The number of aromatic nitrogens is 1. The minimum Gasteiger partial charge on any atom is -0.497 e. The predicted molar refractivity (Wildman–Crippen MR) is 138 cm³/mol. The molecule has 3 rings (SSSR count). The molecule has 0 aliphatic carbocycles. The molecule has 0 aliphatic heterocycles. The number of methoxy groups -OCH3 is 1. The fraction of sp³-hybridized carbons (Fsp3) is 0.333. The maximum atomic E-state index is 13.5. The molecule has 0 aliphatic rings. The zero-order valence-corrected chi connectivity index (χ0v) is 21.6. The quantitative estimate of drug-likeness (QED) is 0.361. The van der Waals surface area contributed by atoms with E-state index in [1.165, 1.54) is 35.9 Å². The molecule has 0 saturated carbocycles. The van der Waals surface area contributed by atoms with Gasteiger partial charge in [0.2, 0.25) is 10.0 Å². The molecule has 8 nitrogen and oxygen atoms in total. The first-order valence-corrected chi connectivity index (χ1v) is 13.2. The van der Waals surface area contributed by atoms with Crippen molar-refractivity contribution in [1.29, 1.82) is 0 Å². The van der Waals surface area contributed by atoms with E-state index in [9.17, 15) is 18.3 Å². The van der Waals surface area contributed by atoms with Gasteiger partial charge in [0, 0.05) is 43.9 Å². The highest BCUT2D eigenvalue weighted by molar-refractivity contribution is 7.89. The molecule has 0 spiro atoms. The lowest BCUT2D eigenvalue weighted by Crippen LogP contribution is -2.52. The summed E-state index contributed by atoms with van der Waals surface area (Å²) in [6.07, 6.45) is 3.09. The summed E-state index contributed by atoms with van der Waals surface area (Å²) < 4.78 is 33.5. The number of sulfonamides is 1. The summed E-state index contributed by atoms with van der Waals surface area (Å²) in [6, 6.07) is 18.6. The summed E-state index contributed by atoms with van der Waals surface area (Å²) in [5.41, 5.74) is -0.531. The van der Waals surface area contributed by atoms with Gasteiger partial charge in [0.05, 0.1) is 12.0 Å². The monoisotopic (exact) mass is 511 g/mol. The van der Waals surface area contributed by atoms with Crippen LogP contribution in [0.5, 0.6) is 5.75 Å². The number of ether oxygens (including phenoxy) is 1. The van der Waals surface area contributed by atoms with E-state index in [-0.39, 0.29) is 36.7 Å². The average Bonchev–Trinajstić information content (AvgIpc) is 2.87. The number of hydrogen-bond acceptors (Lipinski definition) is 6. The average molecular weight is 512 g/mol. The van der Waals surface area contributed by atoms with Crippen LogP contribution in [-0.2, 0) is 16.4 Å². The molecular weight excluding hydrogens is 478 g/mol. The second-order valence-electron chi connectivity index (χ2n) is 9.07. The zero-order chi connectivity index (χ0) is 26.2. The van der Waals surface area contributed by atoms with Crippen molar-refractivity contribution in [2.45, 2.75) is 37.3 Å². The number of rotatable bonds is 12. The minimum absolute atomic E-state index is 0.00645. The summed E-state index contributed by atoms with van der Waals surface area (Å²) >= 11 is 0. The lowest BCUT2D eigenvalue weighted by Gasteiger charge is -2.33. The molecule has 1 heterocycles. The number of hydrogen-bond donors (Lipinski definition) is 2. The second-order valence-corrected chi connectivity index (χ2v) is 11.0. The number of nitrogens with one attached hydrogen (secondary N) is 1. The predicted octanol–water partition coefficient (Wildman–Crippen LogP) is 3.49. The van der Waals surface area contributed by atoms with E-state index >= 15 is 0 Å². The Balaban J connectivity index is 1.87. The molecule has 2 N–H and O–H groups in total. The van der Waals surface area contributed by atoms with E-state index < -0.39 is 21.7 Å². The molecule has 0 fully saturated rings. The highest BCUT2D eigenvalue weighted by Crippen LogP contribution is 2.23. The lowest BCUT2D eigenvalue weighted by atomic mass is 9.98. The highest BCUT2D eigenvalue weighted by atomic mass is 32.2. The van der Waals surface area contributed by atoms with Crippen LogP contribution in [0, 0.1) is 5.92 Å². The van der Waals surface area contributed by atoms with Crippen LogP contribution in [0.2, 0.25) is 0 Å². The number of nitrogens with zero attached hydrogens (tertiary/aromatic N) is 2. The van der Waals surface area contributed by atoms with Crippen LogP contribution in [0.15, 0.2) is 84.0 Å². The van der Waals surface area contributed by atoms with E-state index in [0.29, 0.717) is 11.3 Å². The Morgan fingerprint density at radius 2 is 1.69 bits per heavy atom. The summed E-state index contributed by atoms with van der Waals surface area (Å²) in [4.78, 5) is 17.0. The van der Waals surface area contributed by atoms with Crippen LogP contribution in [0.4, 0.5) is 0 Å². The number of aliphatic hydroxyl groups is 1. The van der Waals surface area contributed by atoms with E-state index in [0.717, 1.165) is 5.56 Å². The van der Waals surface area contributed by atoms with Crippen molar-refractivity contribution in [1.82, 2.24) is 14.6 Å². The minimum atomic E-state index is -3.85. The number of amides is 1. The smallest absolute Gasteiger partial charge is 0.253 e. The largest absolute Gasteiger partial charge is 0.497 e. The van der Waals surface area contributed by atoms with Crippen LogP contribution in [0.1, 0.15) is 36.2 Å². The van der Waals surface area contributed by atoms with Crippen molar-refractivity contribution in [2.24, 2.45) is 5.92 Å².